The molecule has 184 valence electrons. The van der Waals surface area contributed by atoms with Crippen molar-refractivity contribution in [1.29, 1.82) is 0 Å². The van der Waals surface area contributed by atoms with E-state index in [2.05, 4.69) is 28.6 Å². The van der Waals surface area contributed by atoms with E-state index in [1.165, 1.54) is 13.1 Å². The summed E-state index contributed by atoms with van der Waals surface area (Å²) in [5, 5.41) is 3.04. The van der Waals surface area contributed by atoms with E-state index >= 15 is 4.39 Å². The summed E-state index contributed by atoms with van der Waals surface area (Å²) in [6.45, 7) is 4.05. The van der Waals surface area contributed by atoms with Crippen LogP contribution in [-0.2, 0) is 11.2 Å². The molecule has 2 aromatic carbocycles. The molecule has 0 amide bonds. The monoisotopic (exact) mass is 488 g/mol. The van der Waals surface area contributed by atoms with E-state index in [1.54, 1.807) is 19.2 Å². The topological polar surface area (TPSA) is 70.4 Å². The number of hydrogen-bond acceptors (Lipinski definition) is 6. The van der Waals surface area contributed by atoms with Gasteiger partial charge in [0, 0.05) is 24.2 Å². The molecule has 2 aromatic rings. The van der Waals surface area contributed by atoms with Crippen LogP contribution in [0.25, 0.3) is 11.1 Å². The van der Waals surface area contributed by atoms with E-state index in [0.29, 0.717) is 12.1 Å². The Morgan fingerprint density at radius 3 is 2.21 bits per heavy atom. The molecule has 1 aliphatic heterocycles. The Hall–Kier alpha value is -1.98. The summed E-state index contributed by atoms with van der Waals surface area (Å²) in [6.07, 6.45) is 0.0701. The van der Waals surface area contributed by atoms with Crippen LogP contribution in [-0.4, -0.2) is 63.7 Å². The van der Waals surface area contributed by atoms with Crippen LogP contribution in [0.2, 0.25) is 0 Å². The number of carbonyl (C=O) groups is 1. The molecular weight excluding hydrogens is 456 g/mol. The lowest BCUT2D eigenvalue weighted by Gasteiger charge is -2.36. The molecule has 1 saturated heterocycles. The third-order valence-corrected chi connectivity index (χ3v) is 5.71. The van der Waals surface area contributed by atoms with Gasteiger partial charge in [0.05, 0.1) is 6.04 Å². The number of halogens is 4. The van der Waals surface area contributed by atoms with Gasteiger partial charge in [0.2, 0.25) is 0 Å². The third-order valence-electron chi connectivity index (χ3n) is 5.42. The number of hydrogen-bond donors (Lipinski definition) is 4. The quantitative estimate of drug-likeness (QED) is 0.323. The summed E-state index contributed by atoms with van der Waals surface area (Å²) in [5.74, 6) is -2.12. The molecule has 3 rings (SSSR count). The smallest absolute Gasteiger partial charge is 0.134 e. The lowest BCUT2D eigenvalue weighted by Crippen LogP contribution is -2.54. The molecule has 33 heavy (non-hydrogen) atoms. The van der Waals surface area contributed by atoms with Crippen LogP contribution in [0.1, 0.15) is 12.0 Å². The second-order valence-electron chi connectivity index (χ2n) is 7.36. The fourth-order valence-corrected chi connectivity index (χ4v) is 4.00. The van der Waals surface area contributed by atoms with Gasteiger partial charge in [-0.2, -0.15) is 0 Å². The van der Waals surface area contributed by atoms with E-state index in [-0.39, 0.29) is 17.5 Å². The van der Waals surface area contributed by atoms with Crippen molar-refractivity contribution in [2.24, 2.45) is 5.73 Å². The number of likely N-dealkylation sites (N-methyl/N-ethyl adjacent to an activating group) is 1. The average molecular weight is 489 g/mol. The van der Waals surface area contributed by atoms with Gasteiger partial charge in [-0.25, -0.2) is 17.6 Å². The van der Waals surface area contributed by atoms with Crippen LogP contribution in [0.15, 0.2) is 36.4 Å². The van der Waals surface area contributed by atoms with Crippen LogP contribution in [0, 0.1) is 17.5 Å². The molecule has 5 nitrogen and oxygen atoms in total. The number of likely N-dealkylation sites (tertiary alicyclic amines) is 1. The SMILES string of the molecule is C=O.CN.CNC(Cc1cccc(-c2cc(F)cc(F)c2)c1F)C(NS)C(F)CN1CCC1. The number of carbonyl (C=O) groups excluding carboxylic acids is 1. The molecule has 3 unspecified atom stereocenters. The fourth-order valence-electron chi connectivity index (χ4n) is 3.66. The van der Waals surface area contributed by atoms with Crippen molar-refractivity contribution in [1.82, 2.24) is 14.9 Å². The van der Waals surface area contributed by atoms with Gasteiger partial charge in [0.1, 0.15) is 30.4 Å². The maximum absolute atomic E-state index is 15.1. The highest BCUT2D eigenvalue weighted by Crippen LogP contribution is 2.28. The Morgan fingerprint density at radius 2 is 1.73 bits per heavy atom. The lowest BCUT2D eigenvalue weighted by atomic mass is 9.93. The van der Waals surface area contributed by atoms with E-state index in [9.17, 15) is 13.2 Å². The molecule has 1 fully saturated rings. The van der Waals surface area contributed by atoms with Crippen molar-refractivity contribution in [3.05, 3.63) is 59.4 Å². The van der Waals surface area contributed by atoms with Crippen LogP contribution in [0.4, 0.5) is 17.6 Å². The maximum Gasteiger partial charge on any atom is 0.134 e. The van der Waals surface area contributed by atoms with Gasteiger partial charge in [0.25, 0.3) is 0 Å². The Morgan fingerprint density at radius 1 is 1.12 bits per heavy atom. The molecule has 10 heteroatoms. The van der Waals surface area contributed by atoms with Gasteiger partial charge in [0.15, 0.2) is 0 Å². The predicted octanol–water partition coefficient (Wildman–Crippen LogP) is 3.14. The molecule has 0 aliphatic carbocycles. The van der Waals surface area contributed by atoms with Crippen LogP contribution in [0.5, 0.6) is 0 Å². The molecule has 0 aromatic heterocycles. The average Bonchev–Trinajstić information content (AvgIpc) is 2.79. The van der Waals surface area contributed by atoms with Gasteiger partial charge in [-0.1, -0.05) is 31.0 Å². The molecular formula is C23H32F4N4OS. The fraction of sp³-hybridized carbons (Fsp3) is 0.435. The number of rotatable bonds is 9. The number of nitrogens with two attached hydrogens (primary N) is 1. The lowest BCUT2D eigenvalue weighted by molar-refractivity contribution is -0.0980. The standard InChI is InChI=1S/C21H25F4N3S.CH5N.CH2O/c1-26-19(21(27-29)18(24)12-28-6-3-7-28)10-13-4-2-5-17(20(13)25)14-8-15(22)11-16(23)9-14;2*1-2/h2,4-5,8-9,11,18-19,21,26-27,29H,3,6-7,10,12H2,1H3;2H2,1H3;1H2. The van der Waals surface area contributed by atoms with Crippen molar-refractivity contribution in [2.45, 2.75) is 31.1 Å². The summed E-state index contributed by atoms with van der Waals surface area (Å²) in [7, 11) is 3.18. The highest BCUT2D eigenvalue weighted by Gasteiger charge is 2.31. The second kappa shape index (κ2) is 15.0. The highest BCUT2D eigenvalue weighted by atomic mass is 32.1. The van der Waals surface area contributed by atoms with E-state index in [4.69, 9.17) is 4.79 Å². The van der Waals surface area contributed by atoms with Crippen molar-refractivity contribution in [3.8, 4) is 11.1 Å². The van der Waals surface area contributed by atoms with Gasteiger partial charge >= 0.3 is 0 Å². The van der Waals surface area contributed by atoms with Crippen LogP contribution in [0.3, 0.4) is 0 Å². The molecule has 0 bridgehead atoms. The first-order chi connectivity index (χ1) is 15.9. The van der Waals surface area contributed by atoms with Crippen molar-refractivity contribution >= 4 is 19.6 Å². The number of alkyl halides is 1. The Labute approximate surface area is 198 Å². The Kier molecular flexibility index (Phi) is 13.2. The zero-order valence-electron chi connectivity index (χ0n) is 18.8. The van der Waals surface area contributed by atoms with Gasteiger partial charge in [-0.05, 0) is 63.3 Å². The van der Waals surface area contributed by atoms with Crippen LogP contribution >= 0.6 is 12.8 Å². The molecule has 3 atom stereocenters. The van der Waals surface area contributed by atoms with Crippen molar-refractivity contribution < 1.29 is 22.4 Å². The molecule has 1 aliphatic rings. The Bertz CT molecular complexity index is 837. The van der Waals surface area contributed by atoms with Gasteiger partial charge in [-0.15, -0.1) is 0 Å². The largest absolute Gasteiger partial charge is 0.333 e. The summed E-state index contributed by atoms with van der Waals surface area (Å²) >= 11 is 4.08. The maximum atomic E-state index is 15.1. The first kappa shape index (κ1) is 29.1. The highest BCUT2D eigenvalue weighted by molar-refractivity contribution is 7.78. The summed E-state index contributed by atoms with van der Waals surface area (Å²) in [5.41, 5.74) is 5.05. The minimum atomic E-state index is -1.19. The molecule has 1 heterocycles. The van der Waals surface area contributed by atoms with E-state index in [0.717, 1.165) is 37.7 Å². The molecule has 0 saturated carbocycles. The molecule has 0 radical (unpaired) electrons. The zero-order valence-corrected chi connectivity index (χ0v) is 19.7. The van der Waals surface area contributed by atoms with Crippen LogP contribution < -0.4 is 15.8 Å². The Balaban J connectivity index is 0.00000129. The number of nitrogens with zero attached hydrogens (tertiary/aromatic N) is 1. The number of benzene rings is 2. The second-order valence-corrected chi connectivity index (χ2v) is 7.62. The molecule has 0 spiro atoms. The summed E-state index contributed by atoms with van der Waals surface area (Å²) < 4.78 is 59.8. The minimum absolute atomic E-state index is 0.100. The first-order valence-corrected chi connectivity index (χ1v) is 10.9. The van der Waals surface area contributed by atoms with Crippen molar-refractivity contribution in [2.75, 3.05) is 33.7 Å². The van der Waals surface area contributed by atoms with Gasteiger partial charge in [-0.3, -0.25) is 4.72 Å². The molecule has 4 N–H and O–H groups in total. The summed E-state index contributed by atoms with van der Waals surface area (Å²) in [6, 6.07) is 6.53. The third kappa shape index (κ3) is 8.08. The predicted molar refractivity (Wildman–Crippen MR) is 127 cm³/mol. The number of thiol groups is 1. The van der Waals surface area contributed by atoms with E-state index < -0.39 is 35.7 Å². The number of nitrogens with one attached hydrogen (secondary N) is 2. The summed E-state index contributed by atoms with van der Waals surface area (Å²) in [4.78, 5) is 10.0. The minimum Gasteiger partial charge on any atom is -0.333 e. The van der Waals surface area contributed by atoms with Crippen molar-refractivity contribution in [3.63, 3.8) is 0 Å². The normalized spacial score (nSPS) is 15.8. The van der Waals surface area contributed by atoms with Gasteiger partial charge < -0.3 is 20.7 Å². The zero-order chi connectivity index (χ0) is 25.0. The van der Waals surface area contributed by atoms with E-state index in [1.807, 2.05) is 11.7 Å². The first-order valence-electron chi connectivity index (χ1n) is 10.5.